The highest BCUT2D eigenvalue weighted by Gasteiger charge is 2.40. The molecule has 110 valence electrons. The summed E-state index contributed by atoms with van der Waals surface area (Å²) in [5.74, 6) is -0.232. The average molecular weight is 272 g/mol. The number of hydrogen-bond acceptors (Lipinski definition) is 4. The lowest BCUT2D eigenvalue weighted by molar-refractivity contribution is -0.125. The highest BCUT2D eigenvalue weighted by Crippen LogP contribution is 2.21. The average Bonchev–Trinajstić information content (AvgIpc) is 2.66. The number of β-amino-alcohol motifs (C(OH)–C–C–N with tert-alkyl or cyclic N) is 1. The lowest BCUT2D eigenvalue weighted by Gasteiger charge is -2.27. The number of likely N-dealkylation sites (tertiary alicyclic amines) is 1. The quantitative estimate of drug-likeness (QED) is 0.799. The molecule has 6 nitrogen and oxygen atoms in total. The molecule has 1 saturated heterocycles. The summed E-state index contributed by atoms with van der Waals surface area (Å²) >= 11 is 0. The van der Waals surface area contributed by atoms with Gasteiger partial charge >= 0.3 is 6.09 Å². The third-order valence-electron chi connectivity index (χ3n) is 2.76. The van der Waals surface area contributed by atoms with Gasteiger partial charge in [-0.25, -0.2) is 4.79 Å². The van der Waals surface area contributed by atoms with Crippen LogP contribution in [0.2, 0.25) is 0 Å². The molecule has 0 unspecified atom stereocenters. The van der Waals surface area contributed by atoms with Gasteiger partial charge in [0.25, 0.3) is 0 Å². The summed E-state index contributed by atoms with van der Waals surface area (Å²) in [4.78, 5) is 25.3. The van der Waals surface area contributed by atoms with Gasteiger partial charge in [0.1, 0.15) is 11.6 Å². The molecule has 1 fully saturated rings. The standard InChI is InChI=1S/C13H24N2O4/c1-5-6-14-11(17)10-7-9(16)8-15(10)12(18)19-13(2,3)4/h9-10,16H,5-8H2,1-4H3,(H,14,17)/t9-,10-/m0/s1. The van der Waals surface area contributed by atoms with Crippen LogP contribution in [0.1, 0.15) is 40.5 Å². The Morgan fingerprint density at radius 1 is 1.42 bits per heavy atom. The predicted octanol–water partition coefficient (Wildman–Crippen LogP) is 0.883. The van der Waals surface area contributed by atoms with Gasteiger partial charge in [-0.15, -0.1) is 0 Å². The molecule has 1 aliphatic rings. The number of carbonyl (C=O) groups is 2. The first-order valence-corrected chi connectivity index (χ1v) is 6.70. The van der Waals surface area contributed by atoms with Gasteiger partial charge in [-0.3, -0.25) is 9.69 Å². The van der Waals surface area contributed by atoms with E-state index >= 15 is 0 Å². The summed E-state index contributed by atoms with van der Waals surface area (Å²) in [6.07, 6.45) is -0.145. The van der Waals surface area contributed by atoms with Crippen molar-refractivity contribution in [2.45, 2.75) is 58.3 Å². The first-order chi connectivity index (χ1) is 8.74. The molecule has 6 heteroatoms. The zero-order valence-corrected chi connectivity index (χ0v) is 12.1. The minimum Gasteiger partial charge on any atom is -0.444 e. The SMILES string of the molecule is CCCNC(=O)[C@@H]1C[C@H](O)CN1C(=O)OC(C)(C)C. The van der Waals surface area contributed by atoms with E-state index in [0.717, 1.165) is 6.42 Å². The molecule has 0 bridgehead atoms. The fourth-order valence-electron chi connectivity index (χ4n) is 1.95. The Labute approximate surface area is 114 Å². The van der Waals surface area contributed by atoms with Crippen LogP contribution in [-0.2, 0) is 9.53 Å². The van der Waals surface area contributed by atoms with Gasteiger partial charge < -0.3 is 15.2 Å². The van der Waals surface area contributed by atoms with Crippen molar-refractivity contribution in [1.82, 2.24) is 10.2 Å². The number of amides is 2. The molecule has 0 saturated carbocycles. The van der Waals surface area contributed by atoms with E-state index in [1.165, 1.54) is 4.90 Å². The number of aliphatic hydroxyl groups excluding tert-OH is 1. The molecule has 0 aromatic heterocycles. The van der Waals surface area contributed by atoms with Crippen molar-refractivity contribution in [3.8, 4) is 0 Å². The Morgan fingerprint density at radius 3 is 2.58 bits per heavy atom. The number of nitrogens with one attached hydrogen (secondary N) is 1. The lowest BCUT2D eigenvalue weighted by atomic mass is 10.2. The van der Waals surface area contributed by atoms with Crippen LogP contribution >= 0.6 is 0 Å². The summed E-state index contributed by atoms with van der Waals surface area (Å²) in [7, 11) is 0. The summed E-state index contributed by atoms with van der Waals surface area (Å²) < 4.78 is 5.25. The number of rotatable bonds is 3. The number of hydrogen-bond donors (Lipinski definition) is 2. The van der Waals surface area contributed by atoms with Crippen LogP contribution in [0.3, 0.4) is 0 Å². The van der Waals surface area contributed by atoms with Crippen LogP contribution in [0.5, 0.6) is 0 Å². The fraction of sp³-hybridized carbons (Fsp3) is 0.846. The molecule has 1 rings (SSSR count). The first kappa shape index (κ1) is 15.8. The van der Waals surface area contributed by atoms with Gasteiger partial charge in [-0.1, -0.05) is 6.92 Å². The molecule has 1 heterocycles. The van der Waals surface area contributed by atoms with Crippen molar-refractivity contribution in [1.29, 1.82) is 0 Å². The summed E-state index contributed by atoms with van der Waals surface area (Å²) in [5.41, 5.74) is -0.616. The predicted molar refractivity (Wildman–Crippen MR) is 70.7 cm³/mol. The molecule has 0 aromatic carbocycles. The number of ether oxygens (including phenoxy) is 1. The molecule has 2 N–H and O–H groups in total. The van der Waals surface area contributed by atoms with Gasteiger partial charge in [0.2, 0.25) is 5.91 Å². The Bertz CT molecular complexity index is 338. The minimum atomic E-state index is -0.676. The van der Waals surface area contributed by atoms with Crippen molar-refractivity contribution in [3.05, 3.63) is 0 Å². The van der Waals surface area contributed by atoms with E-state index < -0.39 is 23.8 Å². The maximum absolute atomic E-state index is 12.0. The second kappa shape index (κ2) is 6.23. The van der Waals surface area contributed by atoms with Gasteiger partial charge in [0, 0.05) is 13.0 Å². The third kappa shape index (κ3) is 4.70. The van der Waals surface area contributed by atoms with Gasteiger partial charge in [-0.05, 0) is 27.2 Å². The lowest BCUT2D eigenvalue weighted by Crippen LogP contribution is -2.47. The fourth-order valence-corrected chi connectivity index (χ4v) is 1.95. The third-order valence-corrected chi connectivity index (χ3v) is 2.76. The monoisotopic (exact) mass is 272 g/mol. The molecule has 0 spiro atoms. The number of nitrogens with zero attached hydrogens (tertiary/aromatic N) is 1. The molecule has 0 aromatic rings. The van der Waals surface area contributed by atoms with Crippen LogP contribution < -0.4 is 5.32 Å². The highest BCUT2D eigenvalue weighted by atomic mass is 16.6. The van der Waals surface area contributed by atoms with E-state index in [1.807, 2.05) is 6.92 Å². The van der Waals surface area contributed by atoms with Gasteiger partial charge in [0.05, 0.1) is 12.6 Å². The molecular weight excluding hydrogens is 248 g/mol. The Kier molecular flexibility index (Phi) is 5.17. The molecule has 0 aliphatic carbocycles. The van der Waals surface area contributed by atoms with Crippen LogP contribution in [0.25, 0.3) is 0 Å². The van der Waals surface area contributed by atoms with Gasteiger partial charge in [0.15, 0.2) is 0 Å². The molecule has 19 heavy (non-hydrogen) atoms. The Morgan fingerprint density at radius 2 is 2.05 bits per heavy atom. The van der Waals surface area contributed by atoms with Crippen molar-refractivity contribution < 1.29 is 19.4 Å². The second-order valence-corrected chi connectivity index (χ2v) is 5.83. The molecule has 2 atom stereocenters. The number of aliphatic hydroxyl groups is 1. The summed E-state index contributed by atoms with van der Waals surface area (Å²) in [5, 5.41) is 12.4. The first-order valence-electron chi connectivity index (χ1n) is 6.70. The smallest absolute Gasteiger partial charge is 0.411 e. The molecule has 0 radical (unpaired) electrons. The van der Waals surface area contributed by atoms with E-state index in [2.05, 4.69) is 5.32 Å². The zero-order valence-electron chi connectivity index (χ0n) is 12.1. The summed E-state index contributed by atoms with van der Waals surface area (Å²) in [6, 6.07) is -0.642. The largest absolute Gasteiger partial charge is 0.444 e. The van der Waals surface area contributed by atoms with Crippen LogP contribution in [0.4, 0.5) is 4.79 Å². The minimum absolute atomic E-state index is 0.138. The van der Waals surface area contributed by atoms with Crippen molar-refractivity contribution in [2.75, 3.05) is 13.1 Å². The van der Waals surface area contributed by atoms with E-state index in [4.69, 9.17) is 4.74 Å². The van der Waals surface area contributed by atoms with E-state index in [9.17, 15) is 14.7 Å². The van der Waals surface area contributed by atoms with E-state index in [1.54, 1.807) is 20.8 Å². The normalized spacial score (nSPS) is 23.3. The summed E-state index contributed by atoms with van der Waals surface area (Å²) in [6.45, 7) is 7.96. The van der Waals surface area contributed by atoms with E-state index in [-0.39, 0.29) is 18.9 Å². The molecule has 2 amide bonds. The molecular formula is C13H24N2O4. The Balaban J connectivity index is 2.68. The van der Waals surface area contributed by atoms with Crippen molar-refractivity contribution >= 4 is 12.0 Å². The van der Waals surface area contributed by atoms with E-state index in [0.29, 0.717) is 6.54 Å². The van der Waals surface area contributed by atoms with Gasteiger partial charge in [-0.2, -0.15) is 0 Å². The second-order valence-electron chi connectivity index (χ2n) is 5.83. The zero-order chi connectivity index (χ0) is 14.6. The maximum Gasteiger partial charge on any atom is 0.411 e. The van der Waals surface area contributed by atoms with Crippen LogP contribution in [-0.4, -0.2) is 52.8 Å². The maximum atomic E-state index is 12.0. The molecule has 1 aliphatic heterocycles. The van der Waals surface area contributed by atoms with Crippen LogP contribution in [0.15, 0.2) is 0 Å². The topological polar surface area (TPSA) is 78.9 Å². The van der Waals surface area contributed by atoms with Crippen molar-refractivity contribution in [2.24, 2.45) is 0 Å². The highest BCUT2D eigenvalue weighted by molar-refractivity contribution is 5.86. The number of carbonyl (C=O) groups excluding carboxylic acids is 2. The van der Waals surface area contributed by atoms with Crippen molar-refractivity contribution in [3.63, 3.8) is 0 Å². The Hall–Kier alpha value is -1.30. The van der Waals surface area contributed by atoms with Crippen LogP contribution in [0, 0.1) is 0 Å².